The molecular formula is C19H16F2N4O2. The molecule has 138 valence electrons. The van der Waals surface area contributed by atoms with Gasteiger partial charge in [0.1, 0.15) is 17.3 Å². The number of benzene rings is 1. The molecule has 2 heterocycles. The zero-order valence-electron chi connectivity index (χ0n) is 14.2. The van der Waals surface area contributed by atoms with Crippen LogP contribution in [0.4, 0.5) is 8.78 Å². The van der Waals surface area contributed by atoms with Gasteiger partial charge in [0.05, 0.1) is 12.2 Å². The molecule has 0 spiro atoms. The lowest BCUT2D eigenvalue weighted by atomic mass is 9.92. The van der Waals surface area contributed by atoms with Gasteiger partial charge in [0.25, 0.3) is 5.91 Å². The zero-order chi connectivity index (χ0) is 19.0. The summed E-state index contributed by atoms with van der Waals surface area (Å²) in [6, 6.07) is 5.93. The third kappa shape index (κ3) is 3.14. The Morgan fingerprint density at radius 3 is 2.93 bits per heavy atom. The molecule has 1 unspecified atom stereocenters. The molecule has 2 aromatic heterocycles. The van der Waals surface area contributed by atoms with Gasteiger partial charge in [-0.15, -0.1) is 0 Å². The van der Waals surface area contributed by atoms with Crippen LogP contribution in [0.3, 0.4) is 0 Å². The average molecular weight is 370 g/mol. The lowest BCUT2D eigenvalue weighted by Gasteiger charge is -2.24. The van der Waals surface area contributed by atoms with Crippen LogP contribution in [0.5, 0.6) is 5.75 Å². The predicted molar refractivity (Wildman–Crippen MR) is 92.5 cm³/mol. The Kier molecular flexibility index (Phi) is 4.31. The number of hydrogen-bond donors (Lipinski definition) is 2. The van der Waals surface area contributed by atoms with Crippen molar-refractivity contribution in [1.29, 1.82) is 0 Å². The topological polar surface area (TPSA) is 80.0 Å². The van der Waals surface area contributed by atoms with E-state index in [-0.39, 0.29) is 23.2 Å². The third-order valence-electron chi connectivity index (χ3n) is 4.63. The van der Waals surface area contributed by atoms with Crippen molar-refractivity contribution in [2.24, 2.45) is 0 Å². The van der Waals surface area contributed by atoms with E-state index in [0.29, 0.717) is 12.8 Å². The van der Waals surface area contributed by atoms with E-state index in [4.69, 9.17) is 0 Å². The van der Waals surface area contributed by atoms with Crippen molar-refractivity contribution >= 4 is 5.91 Å². The van der Waals surface area contributed by atoms with Crippen LogP contribution < -0.4 is 5.32 Å². The van der Waals surface area contributed by atoms with Crippen molar-refractivity contribution in [1.82, 2.24) is 20.1 Å². The van der Waals surface area contributed by atoms with Crippen molar-refractivity contribution in [3.63, 3.8) is 0 Å². The van der Waals surface area contributed by atoms with Gasteiger partial charge in [0.15, 0.2) is 11.5 Å². The molecule has 27 heavy (non-hydrogen) atoms. The molecular weight excluding hydrogens is 354 g/mol. The Balaban J connectivity index is 1.64. The lowest BCUT2D eigenvalue weighted by Crippen LogP contribution is -2.31. The third-order valence-corrected chi connectivity index (χ3v) is 4.63. The number of fused-ring (bicyclic) bond motifs is 1. The summed E-state index contributed by atoms with van der Waals surface area (Å²) in [4.78, 5) is 16.4. The Bertz CT molecular complexity index is 1020. The fourth-order valence-electron chi connectivity index (χ4n) is 3.37. The largest absolute Gasteiger partial charge is 0.505 e. The summed E-state index contributed by atoms with van der Waals surface area (Å²) in [5, 5.41) is 16.9. The predicted octanol–water partition coefficient (Wildman–Crippen LogP) is 3.06. The van der Waals surface area contributed by atoms with Crippen LogP contribution >= 0.6 is 0 Å². The highest BCUT2D eigenvalue weighted by Gasteiger charge is 2.28. The Labute approximate surface area is 153 Å². The maximum absolute atomic E-state index is 14.2. The smallest absolute Gasteiger partial charge is 0.274 e. The summed E-state index contributed by atoms with van der Waals surface area (Å²) >= 11 is 0. The standard InChI is InChI=1S/C19H16F2N4O2/c20-11-6-7-16(13(21)9-11)25-15-4-1-3-14(12(15)10-23-25)24-19(27)18-17(26)5-2-8-22-18/h2,5-10,14,26H,1,3-4H2,(H,24,27). The second kappa shape index (κ2) is 6.79. The Morgan fingerprint density at radius 2 is 2.15 bits per heavy atom. The molecule has 0 bridgehead atoms. The summed E-state index contributed by atoms with van der Waals surface area (Å²) in [6.07, 6.45) is 5.12. The van der Waals surface area contributed by atoms with E-state index < -0.39 is 17.5 Å². The van der Waals surface area contributed by atoms with Crippen molar-refractivity contribution in [2.75, 3.05) is 0 Å². The Hall–Kier alpha value is -3.29. The molecule has 6 nitrogen and oxygen atoms in total. The lowest BCUT2D eigenvalue weighted by molar-refractivity contribution is 0.0924. The van der Waals surface area contributed by atoms with Gasteiger partial charge in [0.2, 0.25) is 0 Å². The number of pyridine rings is 1. The molecule has 0 radical (unpaired) electrons. The number of carbonyl (C=O) groups is 1. The number of rotatable bonds is 3. The molecule has 0 fully saturated rings. The minimum absolute atomic E-state index is 0.0541. The number of hydrogen-bond acceptors (Lipinski definition) is 4. The quantitative estimate of drug-likeness (QED) is 0.743. The maximum atomic E-state index is 14.2. The molecule has 1 aromatic carbocycles. The molecule has 1 atom stereocenters. The zero-order valence-corrected chi connectivity index (χ0v) is 14.2. The van der Waals surface area contributed by atoms with E-state index in [1.165, 1.54) is 35.1 Å². The molecule has 1 aliphatic rings. The van der Waals surface area contributed by atoms with Crippen LogP contribution in [0.25, 0.3) is 5.69 Å². The minimum atomic E-state index is -0.703. The van der Waals surface area contributed by atoms with Gasteiger partial charge in [-0.05, 0) is 43.5 Å². The van der Waals surface area contributed by atoms with Crippen LogP contribution in [0, 0.1) is 11.6 Å². The number of aromatic nitrogens is 3. The van der Waals surface area contributed by atoms with Crippen LogP contribution in [0.1, 0.15) is 40.6 Å². The monoisotopic (exact) mass is 370 g/mol. The summed E-state index contributed by atoms with van der Waals surface area (Å²) in [5.74, 6) is -2.05. The van der Waals surface area contributed by atoms with Crippen molar-refractivity contribution in [2.45, 2.75) is 25.3 Å². The molecule has 3 aromatic rings. The normalized spacial score (nSPS) is 16.0. The molecule has 1 aliphatic carbocycles. The first-order valence-corrected chi connectivity index (χ1v) is 8.51. The average Bonchev–Trinajstić information content (AvgIpc) is 3.07. The number of amides is 1. The van der Waals surface area contributed by atoms with Crippen LogP contribution in [-0.2, 0) is 6.42 Å². The highest BCUT2D eigenvalue weighted by Crippen LogP contribution is 2.32. The van der Waals surface area contributed by atoms with Crippen LogP contribution in [0.2, 0.25) is 0 Å². The molecule has 2 N–H and O–H groups in total. The van der Waals surface area contributed by atoms with Crippen molar-refractivity contribution in [3.05, 3.63) is 71.3 Å². The van der Waals surface area contributed by atoms with E-state index in [1.54, 1.807) is 6.20 Å². The molecule has 0 saturated heterocycles. The number of nitrogens with zero attached hydrogens (tertiary/aromatic N) is 3. The SMILES string of the molecule is O=C(NC1CCCc2c1cnn2-c1ccc(F)cc1F)c1ncccc1O. The first-order valence-electron chi connectivity index (χ1n) is 8.51. The summed E-state index contributed by atoms with van der Waals surface area (Å²) < 4.78 is 28.8. The molecule has 0 aliphatic heterocycles. The van der Waals surface area contributed by atoms with Crippen molar-refractivity contribution < 1.29 is 18.7 Å². The highest BCUT2D eigenvalue weighted by molar-refractivity contribution is 5.95. The molecule has 1 amide bonds. The van der Waals surface area contributed by atoms with Crippen LogP contribution in [0.15, 0.2) is 42.7 Å². The second-order valence-electron chi connectivity index (χ2n) is 6.34. The van der Waals surface area contributed by atoms with Gasteiger partial charge < -0.3 is 10.4 Å². The molecule has 0 saturated carbocycles. The van der Waals surface area contributed by atoms with E-state index >= 15 is 0 Å². The number of halogens is 2. The van der Waals surface area contributed by atoms with Crippen LogP contribution in [-0.4, -0.2) is 25.8 Å². The van der Waals surface area contributed by atoms with Gasteiger partial charge in [-0.3, -0.25) is 4.79 Å². The molecule has 8 heteroatoms. The fourth-order valence-corrected chi connectivity index (χ4v) is 3.37. The van der Waals surface area contributed by atoms with E-state index in [0.717, 1.165) is 23.7 Å². The Morgan fingerprint density at radius 1 is 1.30 bits per heavy atom. The minimum Gasteiger partial charge on any atom is -0.505 e. The van der Waals surface area contributed by atoms with E-state index in [9.17, 15) is 18.7 Å². The number of aromatic hydroxyl groups is 1. The van der Waals surface area contributed by atoms with Gasteiger partial charge in [-0.1, -0.05) is 0 Å². The second-order valence-corrected chi connectivity index (χ2v) is 6.34. The molecule has 4 rings (SSSR count). The van der Waals surface area contributed by atoms with E-state index in [1.807, 2.05) is 0 Å². The van der Waals surface area contributed by atoms with E-state index in [2.05, 4.69) is 15.4 Å². The maximum Gasteiger partial charge on any atom is 0.274 e. The highest BCUT2D eigenvalue weighted by atomic mass is 19.1. The van der Waals surface area contributed by atoms with Gasteiger partial charge in [-0.25, -0.2) is 18.4 Å². The summed E-state index contributed by atoms with van der Waals surface area (Å²) in [6.45, 7) is 0. The fraction of sp³-hybridized carbons (Fsp3) is 0.211. The van der Waals surface area contributed by atoms with Gasteiger partial charge >= 0.3 is 0 Å². The first kappa shape index (κ1) is 17.1. The number of carbonyl (C=O) groups excluding carboxylic acids is 1. The van der Waals surface area contributed by atoms with Gasteiger partial charge in [0, 0.05) is 23.5 Å². The first-order chi connectivity index (χ1) is 13.0. The van der Waals surface area contributed by atoms with Crippen molar-refractivity contribution in [3.8, 4) is 11.4 Å². The number of nitrogens with one attached hydrogen (secondary N) is 1. The summed E-state index contributed by atoms with van der Waals surface area (Å²) in [7, 11) is 0. The summed E-state index contributed by atoms with van der Waals surface area (Å²) in [5.41, 5.74) is 1.64. The van der Waals surface area contributed by atoms with Gasteiger partial charge in [-0.2, -0.15) is 5.10 Å².